The lowest BCUT2D eigenvalue weighted by molar-refractivity contribution is 0.535. The van der Waals surface area contributed by atoms with Crippen molar-refractivity contribution >= 4 is 27.9 Å². The van der Waals surface area contributed by atoms with Crippen LogP contribution in [0.3, 0.4) is 0 Å². The van der Waals surface area contributed by atoms with Crippen molar-refractivity contribution < 1.29 is 0 Å². The Balaban J connectivity index is 2.72. The summed E-state index contributed by atoms with van der Waals surface area (Å²) in [4.78, 5) is 1.27. The Morgan fingerprint density at radius 1 is 1.29 bits per heavy atom. The first-order valence-corrected chi connectivity index (χ1v) is 6.19. The number of hydrogen-bond acceptors (Lipinski definition) is 2. The lowest BCUT2D eigenvalue weighted by Crippen LogP contribution is -2.29. The quantitative estimate of drug-likeness (QED) is 0.813. The molecule has 0 bridgehead atoms. The van der Waals surface area contributed by atoms with E-state index in [2.05, 4.69) is 66.5 Å². The molecule has 0 aliphatic heterocycles. The van der Waals surface area contributed by atoms with E-state index in [1.165, 1.54) is 10.5 Å². The van der Waals surface area contributed by atoms with Crippen LogP contribution < -0.4 is 4.72 Å². The fourth-order valence-electron chi connectivity index (χ4n) is 0.892. The molecule has 0 amide bonds. The van der Waals surface area contributed by atoms with Gasteiger partial charge >= 0.3 is 0 Å². The summed E-state index contributed by atoms with van der Waals surface area (Å²) in [5.41, 5.74) is 1.44. The summed E-state index contributed by atoms with van der Waals surface area (Å²) in [5, 5.41) is 0. The van der Waals surface area contributed by atoms with Gasteiger partial charge in [-0.25, -0.2) is 0 Å². The summed E-state index contributed by atoms with van der Waals surface area (Å²) in [7, 11) is 0. The Hall–Kier alpha value is 0.01000. The summed E-state index contributed by atoms with van der Waals surface area (Å²) >= 11 is 5.16. The molecule has 1 aromatic rings. The van der Waals surface area contributed by atoms with Gasteiger partial charge < -0.3 is 0 Å². The van der Waals surface area contributed by atoms with Crippen molar-refractivity contribution in [1.82, 2.24) is 4.72 Å². The topological polar surface area (TPSA) is 12.0 Å². The standard InChI is InChI=1S/C11H16BrNS/c1-8-5-6-9(12)7-10(8)14-13-11(2,3)4/h5-7,13H,1-4H3. The highest BCUT2D eigenvalue weighted by Crippen LogP contribution is 2.25. The van der Waals surface area contributed by atoms with Gasteiger partial charge in [0, 0.05) is 14.9 Å². The summed E-state index contributed by atoms with van der Waals surface area (Å²) in [6.45, 7) is 8.60. The average molecular weight is 274 g/mol. The molecule has 0 atom stereocenters. The lowest BCUT2D eigenvalue weighted by Gasteiger charge is -2.20. The summed E-state index contributed by atoms with van der Waals surface area (Å²) in [6, 6.07) is 6.33. The van der Waals surface area contributed by atoms with Crippen molar-refractivity contribution in [2.45, 2.75) is 38.1 Å². The van der Waals surface area contributed by atoms with Crippen LogP contribution in [-0.4, -0.2) is 5.54 Å². The van der Waals surface area contributed by atoms with Gasteiger partial charge in [-0.3, -0.25) is 4.72 Å². The van der Waals surface area contributed by atoms with Crippen LogP contribution in [-0.2, 0) is 0 Å². The molecule has 78 valence electrons. The maximum absolute atomic E-state index is 3.48. The Morgan fingerprint density at radius 2 is 1.93 bits per heavy atom. The van der Waals surface area contributed by atoms with Gasteiger partial charge in [-0.05, 0) is 57.3 Å². The number of hydrogen-bond donors (Lipinski definition) is 1. The second-order valence-corrected chi connectivity index (χ2v) is 6.13. The van der Waals surface area contributed by atoms with Gasteiger partial charge in [-0.2, -0.15) is 0 Å². The Morgan fingerprint density at radius 3 is 2.50 bits per heavy atom. The van der Waals surface area contributed by atoms with Gasteiger partial charge in [0.15, 0.2) is 0 Å². The molecule has 0 heterocycles. The second-order valence-electron chi connectivity index (χ2n) is 4.36. The highest BCUT2D eigenvalue weighted by Gasteiger charge is 2.10. The molecule has 14 heavy (non-hydrogen) atoms. The van der Waals surface area contributed by atoms with Crippen molar-refractivity contribution in [2.75, 3.05) is 0 Å². The zero-order chi connectivity index (χ0) is 10.8. The SMILES string of the molecule is Cc1ccc(Br)cc1SNC(C)(C)C. The third-order valence-electron chi connectivity index (χ3n) is 1.62. The maximum Gasteiger partial charge on any atom is 0.0268 e. The molecule has 1 aromatic carbocycles. The maximum atomic E-state index is 3.48. The molecule has 0 aliphatic rings. The predicted molar refractivity (Wildman–Crippen MR) is 67.6 cm³/mol. The van der Waals surface area contributed by atoms with Gasteiger partial charge in [0.1, 0.15) is 0 Å². The highest BCUT2D eigenvalue weighted by molar-refractivity contribution is 9.10. The molecule has 1 nitrogen and oxygen atoms in total. The van der Waals surface area contributed by atoms with Crippen molar-refractivity contribution in [3.8, 4) is 0 Å². The molecule has 0 radical (unpaired) electrons. The van der Waals surface area contributed by atoms with Crippen LogP contribution in [0.5, 0.6) is 0 Å². The second kappa shape index (κ2) is 4.69. The zero-order valence-corrected chi connectivity index (χ0v) is 11.4. The first-order valence-electron chi connectivity index (χ1n) is 4.59. The minimum Gasteiger partial charge on any atom is -0.255 e. The minimum atomic E-state index is 0.138. The number of rotatable bonds is 2. The van der Waals surface area contributed by atoms with E-state index in [-0.39, 0.29) is 5.54 Å². The van der Waals surface area contributed by atoms with Gasteiger partial charge in [0.25, 0.3) is 0 Å². The molecular formula is C11H16BrNS. The summed E-state index contributed by atoms with van der Waals surface area (Å²) in [5.74, 6) is 0. The fourth-order valence-corrected chi connectivity index (χ4v) is 2.24. The normalized spacial score (nSPS) is 11.8. The first kappa shape index (κ1) is 12.1. The van der Waals surface area contributed by atoms with Gasteiger partial charge in [-0.1, -0.05) is 22.0 Å². The van der Waals surface area contributed by atoms with E-state index < -0.39 is 0 Å². The predicted octanol–water partition coefficient (Wildman–Crippen LogP) is 4.15. The van der Waals surface area contributed by atoms with Crippen LogP contribution in [0.1, 0.15) is 26.3 Å². The number of benzene rings is 1. The van der Waals surface area contributed by atoms with Crippen LogP contribution in [0.15, 0.2) is 27.6 Å². The molecule has 3 heteroatoms. The van der Waals surface area contributed by atoms with Crippen molar-refractivity contribution in [2.24, 2.45) is 0 Å². The van der Waals surface area contributed by atoms with Gasteiger partial charge in [-0.15, -0.1) is 0 Å². The number of nitrogens with one attached hydrogen (secondary N) is 1. The zero-order valence-electron chi connectivity index (χ0n) is 9.02. The Bertz CT molecular complexity index is 318. The molecule has 1 rings (SSSR count). The van der Waals surface area contributed by atoms with E-state index in [4.69, 9.17) is 0 Å². The van der Waals surface area contributed by atoms with Crippen LogP contribution in [0.2, 0.25) is 0 Å². The van der Waals surface area contributed by atoms with E-state index in [1.807, 2.05) is 0 Å². The highest BCUT2D eigenvalue weighted by atomic mass is 79.9. The molecule has 1 N–H and O–H groups in total. The van der Waals surface area contributed by atoms with Crippen LogP contribution in [0, 0.1) is 6.92 Å². The van der Waals surface area contributed by atoms with Crippen molar-refractivity contribution in [1.29, 1.82) is 0 Å². The third kappa shape index (κ3) is 4.03. The number of aryl methyl sites for hydroxylation is 1. The largest absolute Gasteiger partial charge is 0.255 e. The van der Waals surface area contributed by atoms with E-state index in [9.17, 15) is 0 Å². The molecule has 0 unspecified atom stereocenters. The smallest absolute Gasteiger partial charge is 0.0268 e. The van der Waals surface area contributed by atoms with Crippen LogP contribution in [0.4, 0.5) is 0 Å². The van der Waals surface area contributed by atoms with Gasteiger partial charge in [0.05, 0.1) is 0 Å². The fraction of sp³-hybridized carbons (Fsp3) is 0.455. The van der Waals surface area contributed by atoms with Crippen molar-refractivity contribution in [3.05, 3.63) is 28.2 Å². The number of halogens is 1. The molecule has 0 saturated heterocycles. The average Bonchev–Trinajstić information content (AvgIpc) is 2.05. The van der Waals surface area contributed by atoms with Crippen molar-refractivity contribution in [3.63, 3.8) is 0 Å². The third-order valence-corrected chi connectivity index (χ3v) is 3.48. The Labute approximate surface area is 98.9 Å². The summed E-state index contributed by atoms with van der Waals surface area (Å²) < 4.78 is 4.53. The Kier molecular flexibility index (Phi) is 4.04. The molecule has 0 aliphatic carbocycles. The lowest BCUT2D eigenvalue weighted by atomic mass is 10.1. The molecular weight excluding hydrogens is 258 g/mol. The molecule has 0 fully saturated rings. The molecule has 0 aromatic heterocycles. The van der Waals surface area contributed by atoms with Crippen LogP contribution >= 0.6 is 27.9 Å². The first-order chi connectivity index (χ1) is 6.38. The molecule has 0 spiro atoms. The summed E-state index contributed by atoms with van der Waals surface area (Å²) in [6.07, 6.45) is 0. The monoisotopic (exact) mass is 273 g/mol. The minimum absolute atomic E-state index is 0.138. The van der Waals surface area contributed by atoms with E-state index >= 15 is 0 Å². The van der Waals surface area contributed by atoms with Gasteiger partial charge in [0.2, 0.25) is 0 Å². The van der Waals surface area contributed by atoms with E-state index in [1.54, 1.807) is 11.9 Å². The van der Waals surface area contributed by atoms with Crippen LogP contribution in [0.25, 0.3) is 0 Å². The molecule has 0 saturated carbocycles. The van der Waals surface area contributed by atoms with E-state index in [0.717, 1.165) is 4.47 Å². The van der Waals surface area contributed by atoms with E-state index in [0.29, 0.717) is 0 Å².